The van der Waals surface area contributed by atoms with Gasteiger partial charge in [0.2, 0.25) is 17.7 Å². The number of hydrogen-bond donors (Lipinski definition) is 1. The maximum Gasteiger partial charge on any atom is 0.245 e. The van der Waals surface area contributed by atoms with E-state index in [2.05, 4.69) is 48.0 Å². The van der Waals surface area contributed by atoms with Crippen molar-refractivity contribution in [3.63, 3.8) is 0 Å². The van der Waals surface area contributed by atoms with Gasteiger partial charge in [-0.15, -0.1) is 11.3 Å². The summed E-state index contributed by atoms with van der Waals surface area (Å²) in [4.78, 5) is 42.8. The molecular weight excluding hydrogens is 410 g/mol. The smallest absolute Gasteiger partial charge is 0.245 e. The molecule has 1 N–H and O–H groups in total. The van der Waals surface area contributed by atoms with E-state index in [1.165, 1.54) is 10.4 Å². The van der Waals surface area contributed by atoms with E-state index < -0.39 is 6.04 Å². The van der Waals surface area contributed by atoms with Crippen LogP contribution in [0.2, 0.25) is 0 Å². The van der Waals surface area contributed by atoms with Gasteiger partial charge in [0.1, 0.15) is 6.04 Å². The second-order valence-electron chi connectivity index (χ2n) is 8.34. The first-order valence-corrected chi connectivity index (χ1v) is 11.9. The Morgan fingerprint density at radius 1 is 1.16 bits per heavy atom. The number of nitrogens with one attached hydrogen (secondary N) is 1. The van der Waals surface area contributed by atoms with Crippen LogP contribution in [0.1, 0.15) is 31.7 Å². The summed E-state index contributed by atoms with van der Waals surface area (Å²) in [6, 6.07) is 12.1. The fourth-order valence-corrected chi connectivity index (χ4v) is 5.17. The van der Waals surface area contributed by atoms with Gasteiger partial charge in [0.05, 0.1) is 5.92 Å². The first-order chi connectivity index (χ1) is 15.0. The van der Waals surface area contributed by atoms with Crippen molar-refractivity contribution in [1.82, 2.24) is 15.1 Å². The summed E-state index contributed by atoms with van der Waals surface area (Å²) >= 11 is 1.71. The van der Waals surface area contributed by atoms with E-state index in [-0.39, 0.29) is 23.6 Å². The van der Waals surface area contributed by atoms with E-state index in [4.69, 9.17) is 0 Å². The molecule has 4 rings (SSSR count). The molecule has 0 aliphatic carbocycles. The SMILES string of the molecule is CCCN1CCN(C(=O)[C@@H]2CCC(=O)N2)C[C@H](Cc2ccc(-c3cccs3)cc2)C1=O. The van der Waals surface area contributed by atoms with Gasteiger partial charge >= 0.3 is 0 Å². The van der Waals surface area contributed by atoms with Crippen LogP contribution in [0.4, 0.5) is 0 Å². The molecule has 0 radical (unpaired) electrons. The van der Waals surface area contributed by atoms with E-state index in [1.54, 1.807) is 16.2 Å². The zero-order valence-electron chi connectivity index (χ0n) is 17.9. The largest absolute Gasteiger partial charge is 0.344 e. The molecule has 6 nitrogen and oxygen atoms in total. The number of carbonyl (C=O) groups excluding carboxylic acids is 3. The second kappa shape index (κ2) is 9.64. The molecule has 1 aromatic heterocycles. The number of hydrogen-bond acceptors (Lipinski definition) is 4. The fourth-order valence-electron chi connectivity index (χ4n) is 4.44. The molecule has 2 aliphatic heterocycles. The highest BCUT2D eigenvalue weighted by Gasteiger charge is 2.36. The van der Waals surface area contributed by atoms with Gasteiger partial charge in [-0.05, 0) is 41.8 Å². The lowest BCUT2D eigenvalue weighted by Crippen LogP contribution is -2.46. The lowest BCUT2D eigenvalue weighted by molar-refractivity contribution is -0.136. The number of carbonyl (C=O) groups is 3. The minimum Gasteiger partial charge on any atom is -0.344 e. The maximum absolute atomic E-state index is 13.3. The maximum atomic E-state index is 13.3. The molecule has 2 saturated heterocycles. The Hall–Kier alpha value is -2.67. The van der Waals surface area contributed by atoms with Crippen LogP contribution in [0.25, 0.3) is 10.4 Å². The molecule has 0 unspecified atom stereocenters. The average Bonchev–Trinajstić information content (AvgIpc) is 3.44. The number of benzene rings is 1. The highest BCUT2D eigenvalue weighted by Crippen LogP contribution is 2.26. The first kappa shape index (κ1) is 21.6. The van der Waals surface area contributed by atoms with E-state index >= 15 is 0 Å². The van der Waals surface area contributed by atoms with Crippen LogP contribution >= 0.6 is 11.3 Å². The van der Waals surface area contributed by atoms with Crippen LogP contribution in [0.15, 0.2) is 41.8 Å². The van der Waals surface area contributed by atoms with Gasteiger partial charge in [-0.1, -0.05) is 37.3 Å². The Kier molecular flexibility index (Phi) is 6.70. The molecule has 3 heterocycles. The van der Waals surface area contributed by atoms with Crippen LogP contribution in [0, 0.1) is 5.92 Å². The third kappa shape index (κ3) is 4.98. The summed E-state index contributed by atoms with van der Waals surface area (Å²) in [6.07, 6.45) is 2.42. The summed E-state index contributed by atoms with van der Waals surface area (Å²) in [5.41, 5.74) is 2.27. The van der Waals surface area contributed by atoms with Crippen LogP contribution in [0.3, 0.4) is 0 Å². The fraction of sp³-hybridized carbons (Fsp3) is 0.458. The quantitative estimate of drug-likeness (QED) is 0.752. The zero-order chi connectivity index (χ0) is 21.8. The Labute approximate surface area is 187 Å². The molecule has 0 saturated carbocycles. The average molecular weight is 440 g/mol. The predicted molar refractivity (Wildman–Crippen MR) is 122 cm³/mol. The number of rotatable bonds is 6. The molecule has 164 valence electrons. The zero-order valence-corrected chi connectivity index (χ0v) is 18.7. The number of nitrogens with zero attached hydrogens (tertiary/aromatic N) is 2. The lowest BCUT2D eigenvalue weighted by Gasteiger charge is -2.26. The van der Waals surface area contributed by atoms with Crippen molar-refractivity contribution >= 4 is 29.1 Å². The topological polar surface area (TPSA) is 69.7 Å². The van der Waals surface area contributed by atoms with E-state index in [1.807, 2.05) is 11.0 Å². The molecule has 2 fully saturated rings. The Morgan fingerprint density at radius 2 is 1.97 bits per heavy atom. The molecule has 0 bridgehead atoms. The molecule has 3 amide bonds. The minimum absolute atomic E-state index is 0.0601. The molecule has 2 aromatic rings. The van der Waals surface area contributed by atoms with Gasteiger partial charge in [0, 0.05) is 37.5 Å². The van der Waals surface area contributed by atoms with Gasteiger partial charge in [-0.2, -0.15) is 0 Å². The molecule has 0 spiro atoms. The molecule has 31 heavy (non-hydrogen) atoms. The van der Waals surface area contributed by atoms with E-state index in [9.17, 15) is 14.4 Å². The van der Waals surface area contributed by atoms with Gasteiger partial charge < -0.3 is 15.1 Å². The van der Waals surface area contributed by atoms with Crippen molar-refractivity contribution in [2.24, 2.45) is 5.92 Å². The van der Waals surface area contributed by atoms with E-state index in [0.717, 1.165) is 12.0 Å². The van der Waals surface area contributed by atoms with Crippen LogP contribution in [0.5, 0.6) is 0 Å². The molecule has 2 aliphatic rings. The number of amides is 3. The molecule has 1 aromatic carbocycles. The van der Waals surface area contributed by atoms with Gasteiger partial charge in [-0.3, -0.25) is 14.4 Å². The van der Waals surface area contributed by atoms with Crippen LogP contribution in [-0.4, -0.2) is 59.7 Å². The normalized spacial score (nSPS) is 21.8. The van der Waals surface area contributed by atoms with Crippen molar-refractivity contribution in [2.45, 2.75) is 38.6 Å². The Morgan fingerprint density at radius 3 is 2.61 bits per heavy atom. The summed E-state index contributed by atoms with van der Waals surface area (Å²) < 4.78 is 0. The van der Waals surface area contributed by atoms with Gasteiger partial charge in [0.25, 0.3) is 0 Å². The second-order valence-corrected chi connectivity index (χ2v) is 9.29. The summed E-state index contributed by atoms with van der Waals surface area (Å²) in [5, 5.41) is 4.84. The molecular formula is C24H29N3O3S. The van der Waals surface area contributed by atoms with Gasteiger partial charge in [-0.25, -0.2) is 0 Å². The Bertz CT molecular complexity index is 926. The monoisotopic (exact) mass is 439 g/mol. The number of thiophene rings is 1. The minimum atomic E-state index is -0.453. The Balaban J connectivity index is 1.50. The lowest BCUT2D eigenvalue weighted by atomic mass is 9.96. The summed E-state index contributed by atoms with van der Waals surface area (Å²) in [5.74, 6) is -0.285. The third-order valence-electron chi connectivity index (χ3n) is 6.08. The third-order valence-corrected chi connectivity index (χ3v) is 7.00. The predicted octanol–water partition coefficient (Wildman–Crippen LogP) is 2.93. The standard InChI is InChI=1S/C24H29N3O3S/c1-2-11-26-12-13-27(24(30)20-9-10-22(28)25-20)16-19(23(26)29)15-17-5-7-18(8-6-17)21-4-3-14-31-21/h3-8,14,19-20H,2,9-13,15-16H2,1H3,(H,25,28)/t19-,20-/m0/s1. The summed E-state index contributed by atoms with van der Waals surface area (Å²) in [7, 11) is 0. The van der Waals surface area contributed by atoms with E-state index in [0.29, 0.717) is 45.4 Å². The van der Waals surface area contributed by atoms with Crippen molar-refractivity contribution in [1.29, 1.82) is 0 Å². The molecule has 7 heteroatoms. The summed E-state index contributed by atoms with van der Waals surface area (Å²) in [6.45, 7) is 4.23. The van der Waals surface area contributed by atoms with Crippen molar-refractivity contribution in [3.05, 3.63) is 47.3 Å². The van der Waals surface area contributed by atoms with Gasteiger partial charge in [0.15, 0.2) is 0 Å². The van der Waals surface area contributed by atoms with Crippen molar-refractivity contribution < 1.29 is 14.4 Å². The first-order valence-electron chi connectivity index (χ1n) is 11.0. The highest BCUT2D eigenvalue weighted by molar-refractivity contribution is 7.13. The molecule has 2 atom stereocenters. The highest BCUT2D eigenvalue weighted by atomic mass is 32.1. The van der Waals surface area contributed by atoms with Crippen molar-refractivity contribution in [3.8, 4) is 10.4 Å². The van der Waals surface area contributed by atoms with Crippen LogP contribution < -0.4 is 5.32 Å². The van der Waals surface area contributed by atoms with Crippen LogP contribution in [-0.2, 0) is 20.8 Å². The van der Waals surface area contributed by atoms with Crippen molar-refractivity contribution in [2.75, 3.05) is 26.2 Å².